The van der Waals surface area contributed by atoms with Gasteiger partial charge in [0, 0.05) is 18.1 Å². The molecule has 0 fully saturated rings. The lowest BCUT2D eigenvalue weighted by atomic mass is 10.0. The highest BCUT2D eigenvalue weighted by Crippen LogP contribution is 2.24. The second-order valence-corrected chi connectivity index (χ2v) is 6.18. The number of nitrogens with one attached hydrogen (secondary N) is 1. The van der Waals surface area contributed by atoms with Crippen LogP contribution >= 0.6 is 0 Å². The first kappa shape index (κ1) is 16.1. The average molecular weight is 318 g/mol. The maximum atomic E-state index is 12.6. The van der Waals surface area contributed by atoms with E-state index in [1.54, 1.807) is 0 Å². The molecule has 1 aromatic heterocycles. The maximum Gasteiger partial charge on any atom is 0.226 e. The molecule has 0 aliphatic rings. The van der Waals surface area contributed by atoms with Crippen molar-refractivity contribution in [3.8, 4) is 0 Å². The standard InChI is InChI=1S/C21H22N2O/c1-16-7-5-9-18(13-16)20(23-11-3-4-12-23)15-21(24)22-19-10-6-8-17(2)14-19/h3-14,20H,15H2,1-2H3,(H,22,24). The predicted molar refractivity (Wildman–Crippen MR) is 98.2 cm³/mol. The third kappa shape index (κ3) is 3.93. The molecule has 0 aliphatic carbocycles. The Labute approximate surface area is 143 Å². The Kier molecular flexibility index (Phi) is 4.80. The second-order valence-electron chi connectivity index (χ2n) is 6.18. The van der Waals surface area contributed by atoms with Gasteiger partial charge in [0.15, 0.2) is 0 Å². The van der Waals surface area contributed by atoms with Gasteiger partial charge < -0.3 is 9.88 Å². The molecule has 3 rings (SSSR count). The molecule has 0 spiro atoms. The zero-order valence-corrected chi connectivity index (χ0v) is 14.1. The number of hydrogen-bond acceptors (Lipinski definition) is 1. The van der Waals surface area contributed by atoms with Gasteiger partial charge in [-0.1, -0.05) is 42.0 Å². The van der Waals surface area contributed by atoms with Gasteiger partial charge in [-0.2, -0.15) is 0 Å². The third-order valence-electron chi connectivity index (χ3n) is 4.09. The molecule has 1 amide bonds. The van der Waals surface area contributed by atoms with E-state index in [2.05, 4.69) is 35.0 Å². The Hall–Kier alpha value is -2.81. The summed E-state index contributed by atoms with van der Waals surface area (Å²) in [6, 6.07) is 20.2. The molecule has 3 heteroatoms. The molecule has 1 N–H and O–H groups in total. The van der Waals surface area contributed by atoms with Gasteiger partial charge in [0.2, 0.25) is 5.91 Å². The molecule has 2 aromatic carbocycles. The lowest BCUT2D eigenvalue weighted by molar-refractivity contribution is -0.116. The molecule has 3 nitrogen and oxygen atoms in total. The first-order valence-electron chi connectivity index (χ1n) is 8.17. The van der Waals surface area contributed by atoms with Crippen LogP contribution in [0.2, 0.25) is 0 Å². The van der Waals surface area contributed by atoms with Gasteiger partial charge in [0.05, 0.1) is 12.5 Å². The van der Waals surface area contributed by atoms with E-state index in [-0.39, 0.29) is 11.9 Å². The average Bonchev–Trinajstić information content (AvgIpc) is 3.07. The van der Waals surface area contributed by atoms with Crippen LogP contribution in [0.5, 0.6) is 0 Å². The molecule has 122 valence electrons. The number of carbonyl (C=O) groups excluding carboxylic acids is 1. The predicted octanol–water partition coefficient (Wildman–Crippen LogP) is 4.72. The second kappa shape index (κ2) is 7.18. The van der Waals surface area contributed by atoms with Crippen molar-refractivity contribution < 1.29 is 4.79 Å². The van der Waals surface area contributed by atoms with Gasteiger partial charge in [-0.3, -0.25) is 4.79 Å². The van der Waals surface area contributed by atoms with E-state index in [0.29, 0.717) is 6.42 Å². The molecule has 3 aromatic rings. The summed E-state index contributed by atoms with van der Waals surface area (Å²) in [5.74, 6) is 0.0146. The van der Waals surface area contributed by atoms with Crippen LogP contribution in [-0.4, -0.2) is 10.5 Å². The van der Waals surface area contributed by atoms with Crippen LogP contribution in [0, 0.1) is 13.8 Å². The number of rotatable bonds is 5. The first-order chi connectivity index (χ1) is 11.6. The van der Waals surface area contributed by atoms with Crippen molar-refractivity contribution in [2.24, 2.45) is 0 Å². The van der Waals surface area contributed by atoms with Crippen LogP contribution in [-0.2, 0) is 4.79 Å². The summed E-state index contributed by atoms with van der Waals surface area (Å²) >= 11 is 0. The van der Waals surface area contributed by atoms with E-state index in [0.717, 1.165) is 16.8 Å². The van der Waals surface area contributed by atoms with Crippen molar-refractivity contribution in [1.29, 1.82) is 0 Å². The van der Waals surface area contributed by atoms with Gasteiger partial charge in [-0.05, 0) is 49.2 Å². The largest absolute Gasteiger partial charge is 0.346 e. The molecule has 1 unspecified atom stereocenters. The maximum absolute atomic E-state index is 12.6. The summed E-state index contributed by atoms with van der Waals surface area (Å²) in [6.45, 7) is 4.09. The number of carbonyl (C=O) groups is 1. The van der Waals surface area contributed by atoms with Crippen molar-refractivity contribution in [2.45, 2.75) is 26.3 Å². The van der Waals surface area contributed by atoms with Crippen molar-refractivity contribution in [3.05, 3.63) is 89.7 Å². The monoisotopic (exact) mass is 318 g/mol. The first-order valence-corrected chi connectivity index (χ1v) is 8.17. The van der Waals surface area contributed by atoms with Crippen LogP contribution in [0.4, 0.5) is 5.69 Å². The van der Waals surface area contributed by atoms with Crippen LogP contribution < -0.4 is 5.32 Å². The summed E-state index contributed by atoms with van der Waals surface area (Å²) in [6.07, 6.45) is 4.41. The third-order valence-corrected chi connectivity index (χ3v) is 4.09. The van der Waals surface area contributed by atoms with Crippen LogP contribution in [0.3, 0.4) is 0 Å². The topological polar surface area (TPSA) is 34.0 Å². The van der Waals surface area contributed by atoms with Crippen molar-refractivity contribution in [3.63, 3.8) is 0 Å². The summed E-state index contributed by atoms with van der Waals surface area (Å²) in [5, 5.41) is 3.01. The van der Waals surface area contributed by atoms with E-state index in [4.69, 9.17) is 0 Å². The SMILES string of the molecule is Cc1cccc(NC(=O)CC(c2cccc(C)c2)n2cccc2)c1. The number of hydrogen-bond donors (Lipinski definition) is 1. The molecular formula is C21H22N2O. The van der Waals surface area contributed by atoms with Crippen molar-refractivity contribution >= 4 is 11.6 Å². The van der Waals surface area contributed by atoms with Crippen molar-refractivity contribution in [1.82, 2.24) is 4.57 Å². The molecule has 0 bridgehead atoms. The highest BCUT2D eigenvalue weighted by atomic mass is 16.1. The highest BCUT2D eigenvalue weighted by Gasteiger charge is 2.17. The van der Waals surface area contributed by atoms with Crippen LogP contribution in [0.1, 0.15) is 29.2 Å². The minimum absolute atomic E-state index is 0.00953. The summed E-state index contributed by atoms with van der Waals surface area (Å²) in [4.78, 5) is 12.6. The lowest BCUT2D eigenvalue weighted by Crippen LogP contribution is -2.19. The number of amides is 1. The lowest BCUT2D eigenvalue weighted by Gasteiger charge is -2.20. The van der Waals surface area contributed by atoms with Gasteiger partial charge >= 0.3 is 0 Å². The van der Waals surface area contributed by atoms with E-state index in [9.17, 15) is 4.79 Å². The van der Waals surface area contributed by atoms with E-state index < -0.39 is 0 Å². The summed E-state index contributed by atoms with van der Waals surface area (Å²) in [7, 11) is 0. The molecular weight excluding hydrogens is 296 g/mol. The summed E-state index contributed by atoms with van der Waals surface area (Å²) < 4.78 is 2.09. The molecule has 24 heavy (non-hydrogen) atoms. The van der Waals surface area contributed by atoms with Gasteiger partial charge in [-0.15, -0.1) is 0 Å². The molecule has 1 atom stereocenters. The highest BCUT2D eigenvalue weighted by molar-refractivity contribution is 5.91. The van der Waals surface area contributed by atoms with Crippen LogP contribution in [0.25, 0.3) is 0 Å². The minimum Gasteiger partial charge on any atom is -0.346 e. The van der Waals surface area contributed by atoms with Gasteiger partial charge in [-0.25, -0.2) is 0 Å². The van der Waals surface area contributed by atoms with E-state index in [1.807, 2.05) is 61.8 Å². The number of nitrogens with zero attached hydrogens (tertiary/aromatic N) is 1. The number of anilines is 1. The molecule has 0 saturated carbocycles. The molecule has 0 aliphatic heterocycles. The molecule has 1 heterocycles. The zero-order valence-electron chi connectivity index (χ0n) is 14.1. The Morgan fingerprint density at radius 1 is 0.958 bits per heavy atom. The normalized spacial score (nSPS) is 11.9. The summed E-state index contributed by atoms with van der Waals surface area (Å²) in [5.41, 5.74) is 4.32. The Morgan fingerprint density at radius 3 is 2.29 bits per heavy atom. The number of aryl methyl sites for hydroxylation is 2. The molecule has 0 saturated heterocycles. The Balaban J connectivity index is 1.80. The smallest absolute Gasteiger partial charge is 0.226 e. The Bertz CT molecular complexity index is 821. The van der Waals surface area contributed by atoms with Crippen LogP contribution in [0.15, 0.2) is 73.1 Å². The van der Waals surface area contributed by atoms with Crippen molar-refractivity contribution in [2.75, 3.05) is 5.32 Å². The van der Waals surface area contributed by atoms with E-state index in [1.165, 1.54) is 5.56 Å². The number of aromatic nitrogens is 1. The quantitative estimate of drug-likeness (QED) is 0.725. The fraction of sp³-hybridized carbons (Fsp3) is 0.190. The Morgan fingerprint density at radius 2 is 1.62 bits per heavy atom. The zero-order chi connectivity index (χ0) is 16.9. The van der Waals surface area contributed by atoms with Gasteiger partial charge in [0.25, 0.3) is 0 Å². The fourth-order valence-electron chi connectivity index (χ4n) is 2.94. The fourth-order valence-corrected chi connectivity index (χ4v) is 2.94. The number of benzene rings is 2. The minimum atomic E-state index is -0.00953. The van der Waals surface area contributed by atoms with E-state index >= 15 is 0 Å². The van der Waals surface area contributed by atoms with Gasteiger partial charge in [0.1, 0.15) is 0 Å². The molecule has 0 radical (unpaired) electrons.